The number of hydrogen-bond acceptors (Lipinski definition) is 3. The molecule has 74 valence electrons. The molecule has 2 aliphatic rings. The van der Waals surface area contributed by atoms with Crippen LogP contribution in [0.1, 0.15) is 6.92 Å². The molecule has 0 aromatic heterocycles. The summed E-state index contributed by atoms with van der Waals surface area (Å²) in [4.78, 5) is 2.37. The summed E-state index contributed by atoms with van der Waals surface area (Å²) in [5.41, 5.74) is 1.21. The van der Waals surface area contributed by atoms with Crippen molar-refractivity contribution in [1.29, 1.82) is 0 Å². The van der Waals surface area contributed by atoms with Gasteiger partial charge < -0.3 is 9.47 Å². The Hall–Kier alpha value is -0.380. The minimum Gasteiger partial charge on any atom is -0.372 e. The van der Waals surface area contributed by atoms with Crippen LogP contribution in [0.2, 0.25) is 0 Å². The third-order valence-electron chi connectivity index (χ3n) is 2.22. The lowest BCUT2D eigenvalue weighted by atomic mass is 10.3. The van der Waals surface area contributed by atoms with Crippen LogP contribution in [0.3, 0.4) is 0 Å². The maximum absolute atomic E-state index is 5.21. The molecule has 0 aromatic rings. The molecule has 0 aromatic carbocycles. The SMILES string of the molecule is C=C(C)CN(CC1CO1)CC1CO1. The zero-order chi connectivity index (χ0) is 9.26. The smallest absolute Gasteiger partial charge is 0.0936 e. The zero-order valence-corrected chi connectivity index (χ0v) is 8.16. The lowest BCUT2D eigenvalue weighted by molar-refractivity contribution is 0.234. The molecule has 2 heterocycles. The average molecular weight is 183 g/mol. The molecule has 0 amide bonds. The highest BCUT2D eigenvalue weighted by Crippen LogP contribution is 2.16. The van der Waals surface area contributed by atoms with Crippen LogP contribution < -0.4 is 0 Å². The molecule has 3 heteroatoms. The topological polar surface area (TPSA) is 28.3 Å². The number of nitrogens with zero attached hydrogens (tertiary/aromatic N) is 1. The van der Waals surface area contributed by atoms with Gasteiger partial charge in [-0.2, -0.15) is 0 Å². The molecule has 2 fully saturated rings. The molecule has 0 bridgehead atoms. The van der Waals surface area contributed by atoms with E-state index in [1.165, 1.54) is 5.57 Å². The van der Waals surface area contributed by atoms with Gasteiger partial charge in [0.1, 0.15) is 0 Å². The Balaban J connectivity index is 1.73. The molecule has 0 spiro atoms. The van der Waals surface area contributed by atoms with E-state index in [1.54, 1.807) is 0 Å². The summed E-state index contributed by atoms with van der Waals surface area (Å²) in [6, 6.07) is 0. The van der Waals surface area contributed by atoms with Gasteiger partial charge in [-0.25, -0.2) is 0 Å². The standard InChI is InChI=1S/C10H17NO2/c1-8(2)3-11(4-9-6-12-9)5-10-7-13-10/h9-10H,1,3-7H2,2H3. The molecule has 2 unspecified atom stereocenters. The fourth-order valence-electron chi connectivity index (χ4n) is 1.51. The summed E-state index contributed by atoms with van der Waals surface area (Å²) in [6.07, 6.45) is 0.941. The van der Waals surface area contributed by atoms with Crippen LogP contribution in [0, 0.1) is 0 Å². The molecule has 0 saturated carbocycles. The summed E-state index contributed by atoms with van der Waals surface area (Å²) in [5.74, 6) is 0. The van der Waals surface area contributed by atoms with Gasteiger partial charge in [0, 0.05) is 19.6 Å². The fourth-order valence-corrected chi connectivity index (χ4v) is 1.51. The van der Waals surface area contributed by atoms with Crippen molar-refractivity contribution in [3.63, 3.8) is 0 Å². The molecule has 2 aliphatic heterocycles. The summed E-state index contributed by atoms with van der Waals surface area (Å²) in [7, 11) is 0. The molecular weight excluding hydrogens is 166 g/mol. The largest absolute Gasteiger partial charge is 0.372 e. The average Bonchev–Trinajstić information content (AvgIpc) is 2.79. The minimum absolute atomic E-state index is 0.470. The van der Waals surface area contributed by atoms with Crippen LogP contribution in [0.25, 0.3) is 0 Å². The van der Waals surface area contributed by atoms with Gasteiger partial charge >= 0.3 is 0 Å². The molecule has 13 heavy (non-hydrogen) atoms. The van der Waals surface area contributed by atoms with Gasteiger partial charge in [0.2, 0.25) is 0 Å². The van der Waals surface area contributed by atoms with Gasteiger partial charge in [0.05, 0.1) is 25.4 Å². The fraction of sp³-hybridized carbons (Fsp3) is 0.800. The van der Waals surface area contributed by atoms with Crippen LogP contribution in [0.15, 0.2) is 12.2 Å². The molecule has 2 rings (SSSR count). The van der Waals surface area contributed by atoms with Crippen molar-refractivity contribution in [1.82, 2.24) is 4.90 Å². The summed E-state index contributed by atoms with van der Waals surface area (Å²) in [6.45, 7) is 10.9. The van der Waals surface area contributed by atoms with Crippen molar-refractivity contribution in [2.24, 2.45) is 0 Å². The van der Waals surface area contributed by atoms with Crippen LogP contribution >= 0.6 is 0 Å². The van der Waals surface area contributed by atoms with Crippen LogP contribution in [-0.2, 0) is 9.47 Å². The lowest BCUT2D eigenvalue weighted by Gasteiger charge is -2.20. The number of epoxide rings is 2. The van der Waals surface area contributed by atoms with Gasteiger partial charge in [0.25, 0.3) is 0 Å². The van der Waals surface area contributed by atoms with E-state index < -0.39 is 0 Å². The van der Waals surface area contributed by atoms with Gasteiger partial charge in [0.15, 0.2) is 0 Å². The van der Waals surface area contributed by atoms with Crippen molar-refractivity contribution in [2.45, 2.75) is 19.1 Å². The van der Waals surface area contributed by atoms with Crippen molar-refractivity contribution in [3.8, 4) is 0 Å². The zero-order valence-electron chi connectivity index (χ0n) is 8.16. The first-order valence-corrected chi connectivity index (χ1v) is 4.84. The van der Waals surface area contributed by atoms with Gasteiger partial charge in [-0.05, 0) is 6.92 Å². The second-order valence-corrected chi connectivity index (χ2v) is 4.06. The number of rotatable bonds is 6. The molecule has 2 atom stereocenters. The summed E-state index contributed by atoms with van der Waals surface area (Å²) < 4.78 is 10.4. The summed E-state index contributed by atoms with van der Waals surface area (Å²) >= 11 is 0. The van der Waals surface area contributed by atoms with E-state index in [2.05, 4.69) is 18.4 Å². The molecular formula is C10H17NO2. The number of ether oxygens (including phenoxy) is 2. The van der Waals surface area contributed by atoms with Gasteiger partial charge in [-0.3, -0.25) is 4.90 Å². The van der Waals surface area contributed by atoms with Gasteiger partial charge in [-0.1, -0.05) is 12.2 Å². The highest BCUT2D eigenvalue weighted by Gasteiger charge is 2.30. The molecule has 2 saturated heterocycles. The van der Waals surface area contributed by atoms with E-state index in [1.807, 2.05) is 0 Å². The maximum atomic E-state index is 5.21. The Morgan fingerprint density at radius 2 is 1.77 bits per heavy atom. The van der Waals surface area contributed by atoms with Gasteiger partial charge in [-0.15, -0.1) is 0 Å². The van der Waals surface area contributed by atoms with Crippen LogP contribution in [0.5, 0.6) is 0 Å². The van der Waals surface area contributed by atoms with E-state index in [0.29, 0.717) is 12.2 Å². The Morgan fingerprint density at radius 3 is 2.08 bits per heavy atom. The monoisotopic (exact) mass is 183 g/mol. The van der Waals surface area contributed by atoms with Crippen molar-refractivity contribution < 1.29 is 9.47 Å². The van der Waals surface area contributed by atoms with Crippen molar-refractivity contribution in [3.05, 3.63) is 12.2 Å². The van der Waals surface area contributed by atoms with Crippen molar-refractivity contribution >= 4 is 0 Å². The third-order valence-corrected chi connectivity index (χ3v) is 2.22. The predicted molar refractivity (Wildman–Crippen MR) is 50.7 cm³/mol. The van der Waals surface area contributed by atoms with E-state index in [9.17, 15) is 0 Å². The van der Waals surface area contributed by atoms with E-state index >= 15 is 0 Å². The van der Waals surface area contributed by atoms with E-state index in [4.69, 9.17) is 9.47 Å². The first kappa shape index (κ1) is 9.19. The first-order chi connectivity index (χ1) is 6.24. The minimum atomic E-state index is 0.470. The van der Waals surface area contributed by atoms with Crippen LogP contribution in [-0.4, -0.2) is 50.0 Å². The van der Waals surface area contributed by atoms with Crippen molar-refractivity contribution in [2.75, 3.05) is 32.8 Å². The quantitative estimate of drug-likeness (QED) is 0.447. The second-order valence-electron chi connectivity index (χ2n) is 4.06. The Kier molecular flexibility index (Phi) is 2.67. The van der Waals surface area contributed by atoms with E-state index in [-0.39, 0.29) is 0 Å². The second kappa shape index (κ2) is 3.78. The highest BCUT2D eigenvalue weighted by atomic mass is 16.6. The Bertz CT molecular complexity index is 183. The predicted octanol–water partition coefficient (Wildman–Crippen LogP) is 0.662. The first-order valence-electron chi connectivity index (χ1n) is 4.84. The molecule has 0 aliphatic carbocycles. The molecule has 0 N–H and O–H groups in total. The van der Waals surface area contributed by atoms with Crippen LogP contribution in [0.4, 0.5) is 0 Å². The maximum Gasteiger partial charge on any atom is 0.0936 e. The van der Waals surface area contributed by atoms with E-state index in [0.717, 1.165) is 32.8 Å². The normalized spacial score (nSPS) is 30.6. The highest BCUT2D eigenvalue weighted by molar-refractivity contribution is 4.94. The summed E-state index contributed by atoms with van der Waals surface area (Å²) in [5, 5.41) is 0. The Labute approximate surface area is 79.3 Å². The Morgan fingerprint density at radius 1 is 1.31 bits per heavy atom. The molecule has 3 nitrogen and oxygen atoms in total. The third kappa shape index (κ3) is 3.46. The molecule has 0 radical (unpaired) electrons. The lowest BCUT2D eigenvalue weighted by Crippen LogP contribution is -2.32. The number of hydrogen-bond donors (Lipinski definition) is 0.